The maximum absolute atomic E-state index is 11.9. The summed E-state index contributed by atoms with van der Waals surface area (Å²) >= 11 is 0. The first-order valence-electron chi connectivity index (χ1n) is 6.16. The maximum atomic E-state index is 11.9. The van der Waals surface area contributed by atoms with Gasteiger partial charge in [0.05, 0.1) is 6.10 Å². The Morgan fingerprint density at radius 1 is 1.56 bits per heavy atom. The van der Waals surface area contributed by atoms with Crippen LogP contribution in [0.3, 0.4) is 0 Å². The van der Waals surface area contributed by atoms with Gasteiger partial charge < -0.3 is 14.5 Å². The van der Waals surface area contributed by atoms with Gasteiger partial charge in [-0.15, -0.1) is 0 Å². The Balaban J connectivity index is 1.67. The quantitative estimate of drug-likeness (QED) is 0.885. The van der Waals surface area contributed by atoms with E-state index in [1.165, 1.54) is 0 Å². The van der Waals surface area contributed by atoms with Crippen molar-refractivity contribution in [2.75, 3.05) is 13.2 Å². The average molecular weight is 245 g/mol. The number of imidazole rings is 1. The van der Waals surface area contributed by atoms with Crippen LogP contribution in [0.2, 0.25) is 0 Å². The molecule has 1 N–H and O–H groups in total. The Bertz CT molecular complexity index is 525. The molecule has 0 bridgehead atoms. The second kappa shape index (κ2) is 4.78. The molecule has 1 unspecified atom stereocenters. The third-order valence-corrected chi connectivity index (χ3v) is 3.11. The molecule has 0 aromatic carbocycles. The summed E-state index contributed by atoms with van der Waals surface area (Å²) < 4.78 is 7.29. The minimum atomic E-state index is -0.144. The normalized spacial score (nSPS) is 19.2. The summed E-state index contributed by atoms with van der Waals surface area (Å²) in [6, 6.07) is 5.68. The van der Waals surface area contributed by atoms with Gasteiger partial charge in [-0.25, -0.2) is 4.98 Å². The van der Waals surface area contributed by atoms with Crippen molar-refractivity contribution in [1.82, 2.24) is 14.7 Å². The Labute approximate surface area is 105 Å². The Morgan fingerprint density at radius 3 is 3.28 bits per heavy atom. The molecule has 1 aliphatic rings. The molecule has 0 saturated carbocycles. The summed E-state index contributed by atoms with van der Waals surface area (Å²) in [7, 11) is 0. The highest BCUT2D eigenvalue weighted by molar-refractivity contribution is 5.92. The van der Waals surface area contributed by atoms with Crippen LogP contribution in [0.4, 0.5) is 0 Å². The first kappa shape index (κ1) is 11.2. The van der Waals surface area contributed by atoms with Gasteiger partial charge in [0.15, 0.2) is 0 Å². The summed E-state index contributed by atoms with van der Waals surface area (Å²) in [5.74, 6) is -0.144. The van der Waals surface area contributed by atoms with Crippen LogP contribution in [-0.2, 0) is 4.74 Å². The fraction of sp³-hybridized carbons (Fsp3) is 0.385. The van der Waals surface area contributed by atoms with E-state index in [0.29, 0.717) is 12.2 Å². The lowest BCUT2D eigenvalue weighted by Gasteiger charge is -2.09. The van der Waals surface area contributed by atoms with Crippen LogP contribution in [-0.4, -0.2) is 34.5 Å². The lowest BCUT2D eigenvalue weighted by Crippen LogP contribution is -2.31. The molecule has 5 nitrogen and oxygen atoms in total. The van der Waals surface area contributed by atoms with E-state index < -0.39 is 0 Å². The summed E-state index contributed by atoms with van der Waals surface area (Å²) in [6.45, 7) is 1.36. The number of rotatable bonds is 3. The van der Waals surface area contributed by atoms with E-state index >= 15 is 0 Å². The molecule has 0 radical (unpaired) electrons. The van der Waals surface area contributed by atoms with Crippen LogP contribution >= 0.6 is 0 Å². The van der Waals surface area contributed by atoms with Crippen LogP contribution in [0.1, 0.15) is 23.3 Å². The molecule has 1 atom stereocenters. The van der Waals surface area contributed by atoms with Crippen LogP contribution in [0.25, 0.3) is 5.65 Å². The smallest absolute Gasteiger partial charge is 0.271 e. The number of aromatic nitrogens is 2. The van der Waals surface area contributed by atoms with Gasteiger partial charge in [0.25, 0.3) is 5.91 Å². The van der Waals surface area contributed by atoms with E-state index in [0.717, 1.165) is 25.1 Å². The molecule has 1 amide bonds. The van der Waals surface area contributed by atoms with Gasteiger partial charge in [0.1, 0.15) is 11.3 Å². The van der Waals surface area contributed by atoms with E-state index in [9.17, 15) is 4.79 Å². The minimum Gasteiger partial charge on any atom is -0.376 e. The highest BCUT2D eigenvalue weighted by Gasteiger charge is 2.17. The van der Waals surface area contributed by atoms with Crippen LogP contribution in [0.5, 0.6) is 0 Å². The van der Waals surface area contributed by atoms with Crippen molar-refractivity contribution in [1.29, 1.82) is 0 Å². The highest BCUT2D eigenvalue weighted by atomic mass is 16.5. The van der Waals surface area contributed by atoms with Gasteiger partial charge in [-0.2, -0.15) is 0 Å². The van der Waals surface area contributed by atoms with Gasteiger partial charge in [-0.3, -0.25) is 4.79 Å². The fourth-order valence-electron chi connectivity index (χ4n) is 2.15. The first-order chi connectivity index (χ1) is 8.83. The molecule has 18 heavy (non-hydrogen) atoms. The van der Waals surface area contributed by atoms with Gasteiger partial charge in [0, 0.05) is 25.5 Å². The second-order valence-corrected chi connectivity index (χ2v) is 4.44. The molecule has 0 aliphatic carbocycles. The molecule has 3 heterocycles. The van der Waals surface area contributed by atoms with Crippen molar-refractivity contribution in [3.05, 3.63) is 36.3 Å². The number of carbonyl (C=O) groups is 1. The zero-order chi connectivity index (χ0) is 12.4. The Morgan fingerprint density at radius 2 is 2.50 bits per heavy atom. The van der Waals surface area contributed by atoms with Crippen molar-refractivity contribution >= 4 is 11.6 Å². The molecule has 2 aromatic rings. The predicted molar refractivity (Wildman–Crippen MR) is 66.5 cm³/mol. The molecular weight excluding hydrogens is 230 g/mol. The lowest BCUT2D eigenvalue weighted by atomic mass is 10.2. The molecule has 2 aromatic heterocycles. The number of nitrogens with one attached hydrogen (secondary N) is 1. The second-order valence-electron chi connectivity index (χ2n) is 4.44. The van der Waals surface area contributed by atoms with Crippen molar-refractivity contribution in [3.63, 3.8) is 0 Å². The molecule has 1 saturated heterocycles. The maximum Gasteiger partial charge on any atom is 0.271 e. The topological polar surface area (TPSA) is 55.6 Å². The van der Waals surface area contributed by atoms with Crippen LogP contribution in [0, 0.1) is 0 Å². The highest BCUT2D eigenvalue weighted by Crippen LogP contribution is 2.11. The summed E-state index contributed by atoms with van der Waals surface area (Å²) in [4.78, 5) is 16.2. The van der Waals surface area contributed by atoms with Crippen LogP contribution in [0.15, 0.2) is 30.6 Å². The monoisotopic (exact) mass is 245 g/mol. The summed E-state index contributed by atoms with van der Waals surface area (Å²) in [5.41, 5.74) is 1.22. The van der Waals surface area contributed by atoms with Crippen LogP contribution < -0.4 is 5.32 Å². The zero-order valence-corrected chi connectivity index (χ0v) is 10.0. The van der Waals surface area contributed by atoms with Gasteiger partial charge in [-0.05, 0) is 25.0 Å². The van der Waals surface area contributed by atoms with Crippen molar-refractivity contribution in [2.45, 2.75) is 18.9 Å². The number of fused-ring (bicyclic) bond motifs is 1. The number of carbonyl (C=O) groups excluding carboxylic acids is 1. The molecule has 1 aliphatic heterocycles. The van der Waals surface area contributed by atoms with Crippen molar-refractivity contribution in [3.8, 4) is 0 Å². The van der Waals surface area contributed by atoms with E-state index in [1.807, 2.05) is 28.8 Å². The molecule has 3 rings (SSSR count). The van der Waals surface area contributed by atoms with E-state index in [2.05, 4.69) is 10.3 Å². The minimum absolute atomic E-state index is 0.144. The molecular formula is C13H15N3O2. The largest absolute Gasteiger partial charge is 0.376 e. The third kappa shape index (κ3) is 2.22. The Hall–Kier alpha value is -1.88. The van der Waals surface area contributed by atoms with Gasteiger partial charge in [0.2, 0.25) is 0 Å². The third-order valence-electron chi connectivity index (χ3n) is 3.11. The number of ether oxygens (including phenoxy) is 1. The predicted octanol–water partition coefficient (Wildman–Crippen LogP) is 1.24. The lowest BCUT2D eigenvalue weighted by molar-refractivity contribution is 0.0854. The van der Waals surface area contributed by atoms with E-state index in [1.54, 1.807) is 6.20 Å². The Kier molecular flexibility index (Phi) is 2.98. The first-order valence-corrected chi connectivity index (χ1v) is 6.16. The molecule has 1 fully saturated rings. The van der Waals surface area contributed by atoms with Gasteiger partial charge >= 0.3 is 0 Å². The number of nitrogens with zero attached hydrogens (tertiary/aromatic N) is 2. The standard InChI is InChI=1S/C13H15N3O2/c17-13(14-8-10-4-3-7-18-10)11-9-16-6-2-1-5-12(16)15-11/h1-2,5-6,9-10H,3-4,7-8H2,(H,14,17). The SMILES string of the molecule is O=C(NCC1CCCO1)c1cn2ccccc2n1. The molecule has 5 heteroatoms. The number of amides is 1. The average Bonchev–Trinajstić information content (AvgIpc) is 3.04. The van der Waals surface area contributed by atoms with E-state index in [4.69, 9.17) is 4.74 Å². The zero-order valence-electron chi connectivity index (χ0n) is 10.0. The van der Waals surface area contributed by atoms with Gasteiger partial charge in [-0.1, -0.05) is 6.07 Å². The fourth-order valence-corrected chi connectivity index (χ4v) is 2.15. The summed E-state index contributed by atoms with van der Waals surface area (Å²) in [5, 5.41) is 2.86. The molecule has 0 spiro atoms. The van der Waals surface area contributed by atoms with Crippen molar-refractivity contribution in [2.24, 2.45) is 0 Å². The summed E-state index contributed by atoms with van der Waals surface area (Å²) in [6.07, 6.45) is 5.87. The number of hydrogen-bond donors (Lipinski definition) is 1. The number of pyridine rings is 1. The van der Waals surface area contributed by atoms with E-state index in [-0.39, 0.29) is 12.0 Å². The number of hydrogen-bond acceptors (Lipinski definition) is 3. The van der Waals surface area contributed by atoms with Crippen molar-refractivity contribution < 1.29 is 9.53 Å². The molecule has 94 valence electrons.